The summed E-state index contributed by atoms with van der Waals surface area (Å²) < 4.78 is 0. The van der Waals surface area contributed by atoms with Gasteiger partial charge >= 0.3 is 0 Å². The first kappa shape index (κ1) is 13.9. The van der Waals surface area contributed by atoms with E-state index in [4.69, 9.17) is 0 Å². The third-order valence-corrected chi connectivity index (χ3v) is 2.94. The van der Waals surface area contributed by atoms with E-state index in [-0.39, 0.29) is 5.69 Å². The number of rotatable bonds is 5. The maximum Gasteiger partial charge on any atom is 0.269 e. The summed E-state index contributed by atoms with van der Waals surface area (Å²) in [5, 5.41) is 10.5. The van der Waals surface area contributed by atoms with Crippen LogP contribution in [0.25, 0.3) is 0 Å². The molecule has 0 atom stereocenters. The number of nitro groups is 1. The van der Waals surface area contributed by atoms with Gasteiger partial charge in [-0.3, -0.25) is 15.1 Å². The zero-order valence-corrected chi connectivity index (χ0v) is 11.3. The number of non-ortho nitro benzene ring substituents is 1. The highest BCUT2D eigenvalue weighted by molar-refractivity contribution is 5.82. The number of nitro benzene ring substituents is 1. The number of hydrogen-bond acceptors (Lipinski definition) is 3. The highest BCUT2D eigenvalue weighted by atomic mass is 16.6. The Balaban J connectivity index is 2.06. The van der Waals surface area contributed by atoms with E-state index in [2.05, 4.69) is 24.0 Å². The van der Waals surface area contributed by atoms with E-state index < -0.39 is 4.92 Å². The molecule has 20 heavy (non-hydrogen) atoms. The predicted molar refractivity (Wildman–Crippen MR) is 80.8 cm³/mol. The minimum atomic E-state index is -0.409. The van der Waals surface area contributed by atoms with Gasteiger partial charge < -0.3 is 0 Å². The fourth-order valence-corrected chi connectivity index (χ4v) is 1.87. The molecule has 0 fully saturated rings. The lowest BCUT2D eigenvalue weighted by atomic mass is 10.1. The Kier molecular flexibility index (Phi) is 4.60. The quantitative estimate of drug-likeness (QED) is 0.461. The van der Waals surface area contributed by atoms with Crippen molar-refractivity contribution in [1.29, 1.82) is 0 Å². The molecule has 0 aromatic heterocycles. The van der Waals surface area contributed by atoms with Crippen LogP contribution in [0.2, 0.25) is 0 Å². The van der Waals surface area contributed by atoms with Crippen LogP contribution in [0, 0.1) is 10.1 Å². The molecule has 0 unspecified atom stereocenters. The van der Waals surface area contributed by atoms with Crippen LogP contribution in [0.1, 0.15) is 24.5 Å². The number of aliphatic imine (C=N–C) groups is 1. The molecule has 102 valence electrons. The molecular formula is C16H16N2O2. The maximum absolute atomic E-state index is 10.5. The number of hydrogen-bond donors (Lipinski definition) is 0. The Morgan fingerprint density at radius 1 is 1.10 bits per heavy atom. The van der Waals surface area contributed by atoms with Crippen molar-refractivity contribution in [1.82, 2.24) is 0 Å². The van der Waals surface area contributed by atoms with Crippen LogP contribution < -0.4 is 0 Å². The summed E-state index contributed by atoms with van der Waals surface area (Å²) in [4.78, 5) is 14.5. The minimum absolute atomic E-state index is 0.0890. The van der Waals surface area contributed by atoms with Gasteiger partial charge in [-0.2, -0.15) is 0 Å². The molecule has 0 aliphatic heterocycles. The van der Waals surface area contributed by atoms with E-state index in [1.165, 1.54) is 17.7 Å². The second-order valence-electron chi connectivity index (χ2n) is 4.52. The van der Waals surface area contributed by atoms with Gasteiger partial charge in [-0.1, -0.05) is 25.5 Å². The second-order valence-corrected chi connectivity index (χ2v) is 4.52. The van der Waals surface area contributed by atoms with Gasteiger partial charge in [0.05, 0.1) is 10.6 Å². The fraction of sp³-hybridized carbons (Fsp3) is 0.188. The Labute approximate surface area is 117 Å². The first-order valence-corrected chi connectivity index (χ1v) is 6.56. The molecule has 4 heteroatoms. The Morgan fingerprint density at radius 3 is 2.30 bits per heavy atom. The van der Waals surface area contributed by atoms with Crippen LogP contribution in [-0.2, 0) is 6.42 Å². The molecule has 0 heterocycles. The van der Waals surface area contributed by atoms with Gasteiger partial charge in [0, 0.05) is 18.3 Å². The molecule has 0 amide bonds. The Bertz CT molecular complexity index is 601. The van der Waals surface area contributed by atoms with Gasteiger partial charge in [-0.15, -0.1) is 0 Å². The summed E-state index contributed by atoms with van der Waals surface area (Å²) in [6.07, 6.45) is 3.91. The van der Waals surface area contributed by atoms with Crippen molar-refractivity contribution < 1.29 is 4.92 Å². The molecule has 0 aliphatic rings. The minimum Gasteiger partial charge on any atom is -0.258 e. The Morgan fingerprint density at radius 2 is 1.75 bits per heavy atom. The SMILES string of the molecule is CCCc1ccc(N=Cc2ccc([N+](=O)[O-])cc2)cc1. The molecule has 0 saturated heterocycles. The van der Waals surface area contributed by atoms with Gasteiger partial charge in [-0.25, -0.2) is 0 Å². The van der Waals surface area contributed by atoms with Crippen molar-refractivity contribution in [2.24, 2.45) is 4.99 Å². The lowest BCUT2D eigenvalue weighted by Gasteiger charge is -1.99. The Hall–Kier alpha value is -2.49. The molecule has 0 N–H and O–H groups in total. The topological polar surface area (TPSA) is 55.5 Å². The van der Waals surface area contributed by atoms with Crippen LogP contribution in [0.5, 0.6) is 0 Å². The molecule has 0 radical (unpaired) electrons. The molecule has 2 rings (SSSR count). The predicted octanol–water partition coefficient (Wildman–Crippen LogP) is 4.30. The van der Waals surface area contributed by atoms with Gasteiger partial charge in [-0.05, 0) is 41.8 Å². The third-order valence-electron chi connectivity index (χ3n) is 2.94. The smallest absolute Gasteiger partial charge is 0.258 e. The monoisotopic (exact) mass is 268 g/mol. The van der Waals surface area contributed by atoms with E-state index in [0.29, 0.717) is 0 Å². The molecule has 0 saturated carbocycles. The highest BCUT2D eigenvalue weighted by Gasteiger charge is 2.02. The normalized spacial score (nSPS) is 10.8. The highest BCUT2D eigenvalue weighted by Crippen LogP contribution is 2.15. The van der Waals surface area contributed by atoms with Crippen molar-refractivity contribution in [3.05, 3.63) is 69.8 Å². The average molecular weight is 268 g/mol. The summed E-state index contributed by atoms with van der Waals surface area (Å²) in [7, 11) is 0. The molecule has 0 bridgehead atoms. The van der Waals surface area contributed by atoms with Crippen molar-refractivity contribution in [2.75, 3.05) is 0 Å². The summed E-state index contributed by atoms with van der Waals surface area (Å²) in [5.41, 5.74) is 3.12. The molecule has 2 aromatic rings. The van der Waals surface area contributed by atoms with Crippen molar-refractivity contribution >= 4 is 17.6 Å². The number of benzene rings is 2. The third kappa shape index (κ3) is 3.75. The van der Waals surface area contributed by atoms with E-state index in [9.17, 15) is 10.1 Å². The second kappa shape index (κ2) is 6.61. The summed E-state index contributed by atoms with van der Waals surface area (Å²) in [6.45, 7) is 2.15. The molecule has 4 nitrogen and oxygen atoms in total. The molecule has 0 aliphatic carbocycles. The summed E-state index contributed by atoms with van der Waals surface area (Å²) in [6, 6.07) is 14.4. The van der Waals surface area contributed by atoms with Gasteiger partial charge in [0.25, 0.3) is 5.69 Å². The van der Waals surface area contributed by atoms with E-state index >= 15 is 0 Å². The fourth-order valence-electron chi connectivity index (χ4n) is 1.87. The number of aryl methyl sites for hydroxylation is 1. The zero-order chi connectivity index (χ0) is 14.4. The zero-order valence-electron chi connectivity index (χ0n) is 11.3. The van der Waals surface area contributed by atoms with Gasteiger partial charge in [0.1, 0.15) is 0 Å². The van der Waals surface area contributed by atoms with Gasteiger partial charge in [0.2, 0.25) is 0 Å². The summed E-state index contributed by atoms with van der Waals surface area (Å²) >= 11 is 0. The number of nitrogens with zero attached hydrogens (tertiary/aromatic N) is 2. The van der Waals surface area contributed by atoms with Crippen LogP contribution in [0.15, 0.2) is 53.5 Å². The maximum atomic E-state index is 10.5. The lowest BCUT2D eigenvalue weighted by Crippen LogP contribution is -1.88. The average Bonchev–Trinajstić information content (AvgIpc) is 2.47. The largest absolute Gasteiger partial charge is 0.269 e. The van der Waals surface area contributed by atoms with Crippen LogP contribution in [0.3, 0.4) is 0 Å². The van der Waals surface area contributed by atoms with Crippen molar-refractivity contribution in [2.45, 2.75) is 19.8 Å². The van der Waals surface area contributed by atoms with Crippen molar-refractivity contribution in [3.63, 3.8) is 0 Å². The molecule has 0 spiro atoms. The van der Waals surface area contributed by atoms with Crippen LogP contribution >= 0.6 is 0 Å². The van der Waals surface area contributed by atoms with Gasteiger partial charge in [0.15, 0.2) is 0 Å². The van der Waals surface area contributed by atoms with Crippen LogP contribution in [-0.4, -0.2) is 11.1 Å². The molecular weight excluding hydrogens is 252 g/mol. The molecule has 2 aromatic carbocycles. The van der Waals surface area contributed by atoms with Crippen LogP contribution in [0.4, 0.5) is 11.4 Å². The standard InChI is InChI=1S/C16H16N2O2/c1-2-3-13-4-8-15(9-5-13)17-12-14-6-10-16(11-7-14)18(19)20/h4-12H,2-3H2,1H3. The first-order chi connectivity index (χ1) is 9.69. The lowest BCUT2D eigenvalue weighted by molar-refractivity contribution is -0.384. The van der Waals surface area contributed by atoms with Crippen molar-refractivity contribution in [3.8, 4) is 0 Å². The van der Waals surface area contributed by atoms with E-state index in [1.54, 1.807) is 18.3 Å². The van der Waals surface area contributed by atoms with E-state index in [1.807, 2.05) is 12.1 Å². The van der Waals surface area contributed by atoms with E-state index in [0.717, 1.165) is 24.1 Å². The first-order valence-electron chi connectivity index (χ1n) is 6.56. The summed E-state index contributed by atoms with van der Waals surface area (Å²) in [5.74, 6) is 0.